The molecule has 0 saturated heterocycles. The molecule has 0 spiro atoms. The Labute approximate surface area is 100 Å². The molecule has 2 rings (SSSR count). The minimum atomic E-state index is 0.0559. The molecule has 0 aliphatic carbocycles. The highest BCUT2D eigenvalue weighted by molar-refractivity contribution is 5.54. The van der Waals surface area contributed by atoms with Crippen molar-refractivity contribution in [3.05, 3.63) is 36.2 Å². The SMILES string of the molecule is CNC(C)c1nnc(N(C)c2ccccc2)o1. The quantitative estimate of drug-likeness (QED) is 0.875. The Balaban J connectivity index is 2.20. The Bertz CT molecular complexity index is 468. The van der Waals surface area contributed by atoms with Gasteiger partial charge in [-0.3, -0.25) is 4.90 Å². The molecule has 1 aromatic carbocycles. The molecule has 0 radical (unpaired) electrons. The fourth-order valence-corrected chi connectivity index (χ4v) is 1.42. The van der Waals surface area contributed by atoms with Crippen LogP contribution < -0.4 is 10.2 Å². The van der Waals surface area contributed by atoms with Crippen molar-refractivity contribution < 1.29 is 4.42 Å². The molecular formula is C12H16N4O. The van der Waals surface area contributed by atoms with E-state index in [0.29, 0.717) is 11.9 Å². The number of hydrogen-bond acceptors (Lipinski definition) is 5. The van der Waals surface area contributed by atoms with Crippen molar-refractivity contribution in [3.8, 4) is 0 Å². The molecule has 0 bridgehead atoms. The number of nitrogens with zero attached hydrogens (tertiary/aromatic N) is 3. The largest absolute Gasteiger partial charge is 0.406 e. The molecule has 1 N–H and O–H groups in total. The monoisotopic (exact) mass is 232 g/mol. The number of benzene rings is 1. The summed E-state index contributed by atoms with van der Waals surface area (Å²) in [5, 5.41) is 11.1. The van der Waals surface area contributed by atoms with Gasteiger partial charge in [0.15, 0.2) is 0 Å². The van der Waals surface area contributed by atoms with Crippen molar-refractivity contribution in [2.45, 2.75) is 13.0 Å². The number of rotatable bonds is 4. The van der Waals surface area contributed by atoms with E-state index in [1.807, 2.05) is 56.3 Å². The van der Waals surface area contributed by atoms with Gasteiger partial charge in [-0.15, -0.1) is 5.10 Å². The van der Waals surface area contributed by atoms with Gasteiger partial charge in [0, 0.05) is 12.7 Å². The van der Waals surface area contributed by atoms with Gasteiger partial charge in [0.05, 0.1) is 6.04 Å². The van der Waals surface area contributed by atoms with Gasteiger partial charge in [-0.2, -0.15) is 0 Å². The summed E-state index contributed by atoms with van der Waals surface area (Å²) in [6.07, 6.45) is 0. The summed E-state index contributed by atoms with van der Waals surface area (Å²) >= 11 is 0. The normalized spacial score (nSPS) is 12.4. The lowest BCUT2D eigenvalue weighted by atomic mass is 10.3. The Morgan fingerprint density at radius 3 is 2.59 bits per heavy atom. The Morgan fingerprint density at radius 1 is 1.24 bits per heavy atom. The second kappa shape index (κ2) is 4.97. The van der Waals surface area contributed by atoms with E-state index in [0.717, 1.165) is 5.69 Å². The lowest BCUT2D eigenvalue weighted by molar-refractivity contribution is 0.437. The molecule has 2 aromatic rings. The molecule has 90 valence electrons. The van der Waals surface area contributed by atoms with E-state index >= 15 is 0 Å². The van der Waals surface area contributed by atoms with Crippen LogP contribution in [0.5, 0.6) is 0 Å². The van der Waals surface area contributed by atoms with Crippen molar-refractivity contribution in [1.82, 2.24) is 15.5 Å². The van der Waals surface area contributed by atoms with E-state index in [1.54, 1.807) is 0 Å². The molecule has 5 heteroatoms. The molecule has 0 saturated carbocycles. The molecule has 0 aliphatic heterocycles. The second-order valence-electron chi connectivity index (χ2n) is 3.83. The molecule has 1 aromatic heterocycles. The average molecular weight is 232 g/mol. The van der Waals surface area contributed by atoms with Gasteiger partial charge in [-0.1, -0.05) is 23.3 Å². The van der Waals surface area contributed by atoms with Gasteiger partial charge in [0.1, 0.15) is 0 Å². The summed E-state index contributed by atoms with van der Waals surface area (Å²) in [4.78, 5) is 1.86. The van der Waals surface area contributed by atoms with Crippen molar-refractivity contribution >= 4 is 11.7 Å². The second-order valence-corrected chi connectivity index (χ2v) is 3.83. The molecule has 0 aliphatic rings. The number of nitrogens with one attached hydrogen (secondary N) is 1. The van der Waals surface area contributed by atoms with E-state index < -0.39 is 0 Å². The van der Waals surface area contributed by atoms with Gasteiger partial charge in [-0.25, -0.2) is 0 Å². The zero-order valence-corrected chi connectivity index (χ0v) is 10.2. The predicted octanol–water partition coefficient (Wildman–Crippen LogP) is 2.12. The topological polar surface area (TPSA) is 54.2 Å². The molecule has 5 nitrogen and oxygen atoms in total. The first-order chi connectivity index (χ1) is 8.22. The maximum Gasteiger partial charge on any atom is 0.322 e. The lowest BCUT2D eigenvalue weighted by Crippen LogP contribution is -2.12. The van der Waals surface area contributed by atoms with Crippen LogP contribution in [0, 0.1) is 0 Å². The highest BCUT2D eigenvalue weighted by Gasteiger charge is 2.15. The Morgan fingerprint density at radius 2 is 1.94 bits per heavy atom. The average Bonchev–Trinajstić information content (AvgIpc) is 2.87. The van der Waals surface area contributed by atoms with Crippen molar-refractivity contribution in [2.24, 2.45) is 0 Å². The predicted molar refractivity (Wildman–Crippen MR) is 66.3 cm³/mol. The summed E-state index contributed by atoms with van der Waals surface area (Å²) in [5.74, 6) is 0.588. The van der Waals surface area contributed by atoms with Crippen LogP contribution in [0.4, 0.5) is 11.7 Å². The van der Waals surface area contributed by atoms with E-state index in [1.165, 1.54) is 0 Å². The summed E-state index contributed by atoms with van der Waals surface area (Å²) in [5.41, 5.74) is 1.01. The van der Waals surface area contributed by atoms with Crippen molar-refractivity contribution in [1.29, 1.82) is 0 Å². The van der Waals surface area contributed by atoms with Gasteiger partial charge in [0.2, 0.25) is 5.89 Å². The van der Waals surface area contributed by atoms with E-state index in [2.05, 4.69) is 15.5 Å². The maximum atomic E-state index is 5.59. The van der Waals surface area contributed by atoms with E-state index in [4.69, 9.17) is 4.42 Å². The van der Waals surface area contributed by atoms with Crippen LogP contribution in [0.3, 0.4) is 0 Å². The molecule has 0 amide bonds. The van der Waals surface area contributed by atoms with Crippen LogP contribution in [0.25, 0.3) is 0 Å². The number of para-hydroxylation sites is 1. The summed E-state index contributed by atoms with van der Waals surface area (Å²) in [6, 6.07) is 10.4. The van der Waals surface area contributed by atoms with Gasteiger partial charge in [0.25, 0.3) is 0 Å². The smallest absolute Gasteiger partial charge is 0.322 e. The molecule has 1 unspecified atom stereocenters. The maximum absolute atomic E-state index is 5.59. The Kier molecular flexibility index (Phi) is 3.39. The van der Waals surface area contributed by atoms with Crippen LogP contribution in [0.2, 0.25) is 0 Å². The zero-order valence-electron chi connectivity index (χ0n) is 10.2. The third-order valence-electron chi connectivity index (χ3n) is 2.66. The number of anilines is 2. The van der Waals surface area contributed by atoms with Crippen LogP contribution in [-0.2, 0) is 0 Å². The molecular weight excluding hydrogens is 216 g/mol. The summed E-state index contributed by atoms with van der Waals surface area (Å²) in [7, 11) is 3.76. The summed E-state index contributed by atoms with van der Waals surface area (Å²) < 4.78 is 5.59. The molecule has 17 heavy (non-hydrogen) atoms. The first kappa shape index (κ1) is 11.6. The fourth-order valence-electron chi connectivity index (χ4n) is 1.42. The summed E-state index contributed by atoms with van der Waals surface area (Å²) in [6.45, 7) is 1.97. The first-order valence-corrected chi connectivity index (χ1v) is 5.52. The third kappa shape index (κ3) is 2.45. The lowest BCUT2D eigenvalue weighted by Gasteiger charge is -2.13. The number of aromatic nitrogens is 2. The van der Waals surface area contributed by atoms with Crippen LogP contribution in [0.1, 0.15) is 18.9 Å². The van der Waals surface area contributed by atoms with Crippen molar-refractivity contribution in [3.63, 3.8) is 0 Å². The molecule has 0 fully saturated rings. The minimum absolute atomic E-state index is 0.0559. The third-order valence-corrected chi connectivity index (χ3v) is 2.66. The van der Waals surface area contributed by atoms with Crippen molar-refractivity contribution in [2.75, 3.05) is 19.0 Å². The van der Waals surface area contributed by atoms with Crippen LogP contribution >= 0.6 is 0 Å². The van der Waals surface area contributed by atoms with Gasteiger partial charge >= 0.3 is 6.01 Å². The van der Waals surface area contributed by atoms with E-state index in [-0.39, 0.29) is 6.04 Å². The minimum Gasteiger partial charge on any atom is -0.406 e. The van der Waals surface area contributed by atoms with Gasteiger partial charge in [-0.05, 0) is 26.1 Å². The standard InChI is InChI=1S/C12H16N4O/c1-9(13-2)11-14-15-12(17-11)16(3)10-7-5-4-6-8-10/h4-9,13H,1-3H3. The number of hydrogen-bond donors (Lipinski definition) is 1. The fraction of sp³-hybridized carbons (Fsp3) is 0.333. The Hall–Kier alpha value is -1.88. The first-order valence-electron chi connectivity index (χ1n) is 5.52. The van der Waals surface area contributed by atoms with E-state index in [9.17, 15) is 0 Å². The van der Waals surface area contributed by atoms with Crippen LogP contribution in [0.15, 0.2) is 34.7 Å². The van der Waals surface area contributed by atoms with Crippen LogP contribution in [-0.4, -0.2) is 24.3 Å². The zero-order chi connectivity index (χ0) is 12.3. The highest BCUT2D eigenvalue weighted by Crippen LogP contribution is 2.23. The van der Waals surface area contributed by atoms with Gasteiger partial charge < -0.3 is 9.73 Å². The molecule has 1 atom stereocenters. The highest BCUT2D eigenvalue weighted by atomic mass is 16.4. The molecule has 1 heterocycles.